The van der Waals surface area contributed by atoms with Gasteiger partial charge in [-0.25, -0.2) is 0 Å². The summed E-state index contributed by atoms with van der Waals surface area (Å²) < 4.78 is 5.37. The van der Waals surface area contributed by atoms with E-state index in [1.165, 1.54) is 27.7 Å². The maximum atomic E-state index is 6.49. The van der Waals surface area contributed by atoms with Gasteiger partial charge in [-0.15, -0.1) is 0 Å². The minimum atomic E-state index is 0.197. The molecule has 0 bridgehead atoms. The highest BCUT2D eigenvalue weighted by atomic mass is 35.5. The zero-order valence-corrected chi connectivity index (χ0v) is 16.5. The van der Waals surface area contributed by atoms with Crippen LogP contribution in [0.15, 0.2) is 42.5 Å². The molecule has 27 heavy (non-hydrogen) atoms. The smallest absolute Gasteiger partial charge is 0.137 e. The number of aromatic nitrogens is 1. The van der Waals surface area contributed by atoms with Crippen LogP contribution >= 0.6 is 11.6 Å². The molecule has 2 atom stereocenters. The molecule has 5 heteroatoms. The van der Waals surface area contributed by atoms with Gasteiger partial charge in [-0.05, 0) is 42.8 Å². The molecule has 0 saturated carbocycles. The number of nitrogens with zero attached hydrogens (tertiary/aromatic N) is 2. The van der Waals surface area contributed by atoms with E-state index < -0.39 is 0 Å². The van der Waals surface area contributed by atoms with E-state index in [0.717, 1.165) is 31.8 Å². The molecule has 2 aliphatic rings. The molecule has 5 rings (SSSR count). The lowest BCUT2D eigenvalue weighted by Crippen LogP contribution is -2.56. The SMILES string of the molecule is COc1ccc([C@@H]2c3[nH]c4ccccc4c3C[C@@H]3CN(C)CCN32)cc1Cl. The van der Waals surface area contributed by atoms with Crippen LogP contribution in [0.1, 0.15) is 22.9 Å². The Hall–Kier alpha value is -2.01. The van der Waals surface area contributed by atoms with Crippen molar-refractivity contribution in [2.75, 3.05) is 33.8 Å². The van der Waals surface area contributed by atoms with Crippen molar-refractivity contribution in [3.8, 4) is 5.75 Å². The number of halogens is 1. The first-order valence-corrected chi connectivity index (χ1v) is 9.90. The maximum absolute atomic E-state index is 6.49. The first kappa shape index (κ1) is 17.1. The quantitative estimate of drug-likeness (QED) is 0.725. The Kier molecular flexibility index (Phi) is 4.15. The van der Waals surface area contributed by atoms with Crippen LogP contribution in [0.2, 0.25) is 5.02 Å². The van der Waals surface area contributed by atoms with E-state index >= 15 is 0 Å². The van der Waals surface area contributed by atoms with Crippen molar-refractivity contribution in [3.05, 3.63) is 64.3 Å². The number of piperazine rings is 1. The second-order valence-corrected chi connectivity index (χ2v) is 8.12. The Bertz CT molecular complexity index is 998. The highest BCUT2D eigenvalue weighted by Crippen LogP contribution is 2.42. The van der Waals surface area contributed by atoms with E-state index in [1.54, 1.807) is 7.11 Å². The molecule has 4 nitrogen and oxygen atoms in total. The first-order valence-electron chi connectivity index (χ1n) is 9.53. The van der Waals surface area contributed by atoms with Crippen molar-refractivity contribution < 1.29 is 4.74 Å². The van der Waals surface area contributed by atoms with Gasteiger partial charge in [-0.3, -0.25) is 4.90 Å². The zero-order valence-electron chi connectivity index (χ0n) is 15.7. The molecule has 0 unspecified atom stereocenters. The molecule has 2 aliphatic heterocycles. The van der Waals surface area contributed by atoms with Gasteiger partial charge >= 0.3 is 0 Å². The van der Waals surface area contributed by atoms with Crippen molar-refractivity contribution in [1.29, 1.82) is 0 Å². The summed E-state index contributed by atoms with van der Waals surface area (Å²) in [6.07, 6.45) is 1.09. The lowest BCUT2D eigenvalue weighted by atomic mass is 9.87. The van der Waals surface area contributed by atoms with E-state index in [4.69, 9.17) is 16.3 Å². The van der Waals surface area contributed by atoms with Gasteiger partial charge in [0.25, 0.3) is 0 Å². The Morgan fingerprint density at radius 2 is 2.00 bits per heavy atom. The number of hydrogen-bond acceptors (Lipinski definition) is 3. The van der Waals surface area contributed by atoms with E-state index in [-0.39, 0.29) is 6.04 Å². The molecule has 0 spiro atoms. The van der Waals surface area contributed by atoms with Crippen molar-refractivity contribution in [2.24, 2.45) is 0 Å². The topological polar surface area (TPSA) is 31.5 Å². The Morgan fingerprint density at radius 3 is 2.81 bits per heavy atom. The van der Waals surface area contributed by atoms with Crippen molar-refractivity contribution in [2.45, 2.75) is 18.5 Å². The molecule has 1 saturated heterocycles. The predicted octanol–water partition coefficient (Wildman–Crippen LogP) is 4.09. The van der Waals surface area contributed by atoms with Crippen LogP contribution in [0.25, 0.3) is 10.9 Å². The summed E-state index contributed by atoms with van der Waals surface area (Å²) in [7, 11) is 3.88. The molecule has 0 aliphatic carbocycles. The molecule has 1 N–H and O–H groups in total. The molecule has 3 aromatic rings. The Balaban J connectivity index is 1.69. The molecule has 1 fully saturated rings. The van der Waals surface area contributed by atoms with Gasteiger partial charge in [0, 0.05) is 42.3 Å². The van der Waals surface area contributed by atoms with Crippen LogP contribution in [0.4, 0.5) is 0 Å². The number of H-pyrrole nitrogens is 1. The van der Waals surface area contributed by atoms with Gasteiger partial charge in [0.15, 0.2) is 0 Å². The third-order valence-electron chi connectivity index (χ3n) is 6.11. The largest absolute Gasteiger partial charge is 0.495 e. The zero-order chi connectivity index (χ0) is 18.5. The minimum absolute atomic E-state index is 0.197. The third-order valence-corrected chi connectivity index (χ3v) is 6.41. The molecular formula is C22H24ClN3O. The van der Waals surface area contributed by atoms with Gasteiger partial charge in [0.05, 0.1) is 18.2 Å². The summed E-state index contributed by atoms with van der Waals surface area (Å²) in [4.78, 5) is 8.82. The van der Waals surface area contributed by atoms with Gasteiger partial charge in [0.2, 0.25) is 0 Å². The number of fused-ring (bicyclic) bond motifs is 4. The van der Waals surface area contributed by atoms with Crippen LogP contribution in [0.3, 0.4) is 0 Å². The number of methoxy groups -OCH3 is 1. The van der Waals surface area contributed by atoms with Crippen molar-refractivity contribution >= 4 is 22.5 Å². The first-order chi connectivity index (χ1) is 13.2. The van der Waals surface area contributed by atoms with E-state index in [0.29, 0.717) is 11.1 Å². The standard InChI is InChI=1S/C22H24ClN3O/c1-25-9-10-26-15(13-25)12-17-16-5-3-4-6-19(16)24-21(17)22(26)14-7-8-20(27-2)18(23)11-14/h3-8,11,15,22,24H,9-10,12-13H2,1-2H3/t15-,22-/m1/s1. The average molecular weight is 382 g/mol. The van der Waals surface area contributed by atoms with E-state index in [1.807, 2.05) is 6.07 Å². The van der Waals surface area contributed by atoms with Crippen LogP contribution in [0, 0.1) is 0 Å². The van der Waals surface area contributed by atoms with E-state index in [9.17, 15) is 0 Å². The van der Waals surface area contributed by atoms with Crippen molar-refractivity contribution in [1.82, 2.24) is 14.8 Å². The monoisotopic (exact) mass is 381 g/mol. The molecule has 1 aromatic heterocycles. The van der Waals surface area contributed by atoms with Gasteiger partial charge in [-0.1, -0.05) is 35.9 Å². The number of nitrogens with one attached hydrogen (secondary N) is 1. The molecule has 0 amide bonds. The second kappa shape index (κ2) is 6.55. The maximum Gasteiger partial charge on any atom is 0.137 e. The number of rotatable bonds is 2. The van der Waals surface area contributed by atoms with Crippen LogP contribution in [0.5, 0.6) is 5.75 Å². The highest BCUT2D eigenvalue weighted by Gasteiger charge is 2.39. The summed E-state index contributed by atoms with van der Waals surface area (Å²) in [6, 6.07) is 15.6. The molecule has 2 aromatic carbocycles. The molecule has 3 heterocycles. The summed E-state index contributed by atoms with van der Waals surface area (Å²) in [5, 5.41) is 2.02. The normalized spacial score (nSPS) is 23.2. The van der Waals surface area contributed by atoms with Crippen molar-refractivity contribution in [3.63, 3.8) is 0 Å². The predicted molar refractivity (Wildman–Crippen MR) is 110 cm³/mol. The fraction of sp³-hybridized carbons (Fsp3) is 0.364. The lowest BCUT2D eigenvalue weighted by Gasteiger charge is -2.47. The fourth-order valence-electron chi connectivity index (χ4n) is 4.83. The molecule has 140 valence electrons. The second-order valence-electron chi connectivity index (χ2n) is 7.72. The highest BCUT2D eigenvalue weighted by molar-refractivity contribution is 6.32. The fourth-order valence-corrected chi connectivity index (χ4v) is 5.10. The van der Waals surface area contributed by atoms with Crippen LogP contribution in [-0.4, -0.2) is 54.6 Å². The summed E-state index contributed by atoms with van der Waals surface area (Å²) in [5.74, 6) is 0.725. The third kappa shape index (κ3) is 2.75. The number of aromatic amines is 1. The van der Waals surface area contributed by atoms with Gasteiger partial charge in [-0.2, -0.15) is 0 Å². The minimum Gasteiger partial charge on any atom is -0.495 e. The van der Waals surface area contributed by atoms with Gasteiger partial charge < -0.3 is 14.6 Å². The van der Waals surface area contributed by atoms with Crippen LogP contribution in [-0.2, 0) is 6.42 Å². The number of hydrogen-bond donors (Lipinski definition) is 1. The molecule has 0 radical (unpaired) electrons. The number of para-hydroxylation sites is 1. The Labute approximate surface area is 164 Å². The average Bonchev–Trinajstić information content (AvgIpc) is 3.04. The number of likely N-dealkylation sites (N-methyl/N-ethyl adjacent to an activating group) is 1. The van der Waals surface area contributed by atoms with Crippen LogP contribution < -0.4 is 4.74 Å². The molecular weight excluding hydrogens is 358 g/mol. The van der Waals surface area contributed by atoms with Gasteiger partial charge in [0.1, 0.15) is 5.75 Å². The number of ether oxygens (including phenoxy) is 1. The summed E-state index contributed by atoms with van der Waals surface area (Å²) in [6.45, 7) is 3.25. The Morgan fingerprint density at radius 1 is 1.15 bits per heavy atom. The summed E-state index contributed by atoms with van der Waals surface area (Å²) in [5.41, 5.74) is 5.22. The number of benzene rings is 2. The summed E-state index contributed by atoms with van der Waals surface area (Å²) >= 11 is 6.49. The lowest BCUT2D eigenvalue weighted by molar-refractivity contribution is 0.0546. The van der Waals surface area contributed by atoms with E-state index in [2.05, 4.69) is 58.2 Å².